The molecule has 32 heavy (non-hydrogen) atoms. The Hall–Kier alpha value is -3.13. The first-order chi connectivity index (χ1) is 15.5. The molecule has 1 aromatic carbocycles. The van der Waals surface area contributed by atoms with Crippen molar-refractivity contribution < 1.29 is 9.59 Å². The third-order valence-corrected chi connectivity index (χ3v) is 6.48. The van der Waals surface area contributed by atoms with E-state index in [2.05, 4.69) is 10.6 Å². The first-order valence-corrected chi connectivity index (χ1v) is 11.3. The minimum Gasteiger partial charge on any atom is -0.355 e. The summed E-state index contributed by atoms with van der Waals surface area (Å²) in [5.41, 5.74) is 3.60. The van der Waals surface area contributed by atoms with E-state index in [1.54, 1.807) is 40.9 Å². The zero-order valence-corrected chi connectivity index (χ0v) is 18.8. The first-order valence-electron chi connectivity index (χ1n) is 10.9. The SMILES string of the molecule is CNC(=O)c1cc(C2CC2)nc2c1c(C1CCCN1C(=O)Nc1ccc(Cl)cc1)nn2C. The Morgan fingerprint density at radius 3 is 2.59 bits per heavy atom. The molecule has 0 radical (unpaired) electrons. The highest BCUT2D eigenvalue weighted by Gasteiger charge is 2.36. The lowest BCUT2D eigenvalue weighted by molar-refractivity contribution is 0.0964. The van der Waals surface area contributed by atoms with E-state index in [9.17, 15) is 9.59 Å². The summed E-state index contributed by atoms with van der Waals surface area (Å²) in [7, 11) is 3.47. The van der Waals surface area contributed by atoms with Gasteiger partial charge in [-0.15, -0.1) is 0 Å². The minimum atomic E-state index is -0.233. The van der Waals surface area contributed by atoms with Gasteiger partial charge in [0.1, 0.15) is 0 Å². The maximum atomic E-state index is 13.1. The molecule has 9 heteroatoms. The van der Waals surface area contributed by atoms with Crippen LogP contribution in [-0.4, -0.2) is 45.2 Å². The number of hydrogen-bond acceptors (Lipinski definition) is 4. The van der Waals surface area contributed by atoms with Crippen molar-refractivity contribution in [3.05, 3.63) is 52.3 Å². The number of nitrogens with zero attached hydrogens (tertiary/aromatic N) is 4. The fourth-order valence-corrected chi connectivity index (χ4v) is 4.58. The second kappa shape index (κ2) is 8.09. The summed E-state index contributed by atoms with van der Waals surface area (Å²) >= 11 is 5.95. The van der Waals surface area contributed by atoms with Crippen LogP contribution in [0.25, 0.3) is 11.0 Å². The predicted octanol–water partition coefficient (Wildman–Crippen LogP) is 4.23. The number of benzene rings is 1. The fraction of sp³-hybridized carbons (Fsp3) is 0.391. The van der Waals surface area contributed by atoms with Crippen molar-refractivity contribution in [3.8, 4) is 0 Å². The normalized spacial score (nSPS) is 18.2. The fourth-order valence-electron chi connectivity index (χ4n) is 4.45. The third kappa shape index (κ3) is 3.68. The second-order valence-corrected chi connectivity index (χ2v) is 8.88. The Morgan fingerprint density at radius 2 is 1.91 bits per heavy atom. The van der Waals surface area contributed by atoms with Gasteiger partial charge in [-0.2, -0.15) is 5.10 Å². The quantitative estimate of drug-likeness (QED) is 0.619. The molecule has 1 aliphatic heterocycles. The molecule has 2 aromatic heterocycles. The number of carbonyl (C=O) groups excluding carboxylic acids is 2. The highest BCUT2D eigenvalue weighted by Crippen LogP contribution is 2.42. The maximum absolute atomic E-state index is 13.1. The molecule has 0 spiro atoms. The molecule has 2 N–H and O–H groups in total. The lowest BCUT2D eigenvalue weighted by Gasteiger charge is -2.24. The maximum Gasteiger partial charge on any atom is 0.322 e. The van der Waals surface area contributed by atoms with E-state index in [4.69, 9.17) is 21.7 Å². The van der Waals surface area contributed by atoms with Gasteiger partial charge in [-0.05, 0) is 56.0 Å². The van der Waals surface area contributed by atoms with Gasteiger partial charge in [-0.3, -0.25) is 9.48 Å². The van der Waals surface area contributed by atoms with E-state index < -0.39 is 0 Å². The molecule has 1 atom stereocenters. The minimum absolute atomic E-state index is 0.163. The van der Waals surface area contributed by atoms with Gasteiger partial charge in [0.05, 0.1) is 22.7 Å². The van der Waals surface area contributed by atoms with E-state index in [1.165, 1.54) is 0 Å². The molecular formula is C23H25ClN6O2. The number of rotatable bonds is 4. The molecule has 8 nitrogen and oxygen atoms in total. The highest BCUT2D eigenvalue weighted by atomic mass is 35.5. The van der Waals surface area contributed by atoms with Gasteiger partial charge >= 0.3 is 6.03 Å². The van der Waals surface area contributed by atoms with Crippen LogP contribution in [0.3, 0.4) is 0 Å². The number of likely N-dealkylation sites (tertiary alicyclic amines) is 1. The summed E-state index contributed by atoms with van der Waals surface area (Å²) in [5.74, 6) is 0.248. The highest BCUT2D eigenvalue weighted by molar-refractivity contribution is 6.30. The van der Waals surface area contributed by atoms with Crippen LogP contribution < -0.4 is 10.6 Å². The van der Waals surface area contributed by atoms with Crippen LogP contribution in [0.15, 0.2) is 30.3 Å². The summed E-state index contributed by atoms with van der Waals surface area (Å²) in [6.07, 6.45) is 3.83. The number of hydrogen-bond donors (Lipinski definition) is 2. The van der Waals surface area contributed by atoms with Crippen molar-refractivity contribution in [2.24, 2.45) is 7.05 Å². The molecule has 1 unspecified atom stereocenters. The summed E-state index contributed by atoms with van der Waals surface area (Å²) in [6.45, 7) is 0.616. The number of fused-ring (bicyclic) bond motifs is 1. The van der Waals surface area contributed by atoms with Crippen molar-refractivity contribution in [3.63, 3.8) is 0 Å². The molecule has 3 amide bonds. The predicted molar refractivity (Wildman–Crippen MR) is 123 cm³/mol. The second-order valence-electron chi connectivity index (χ2n) is 8.44. The number of pyridine rings is 1. The van der Waals surface area contributed by atoms with Crippen LogP contribution in [0.4, 0.5) is 10.5 Å². The summed E-state index contributed by atoms with van der Waals surface area (Å²) < 4.78 is 1.73. The Labute approximate surface area is 190 Å². The van der Waals surface area contributed by atoms with Crippen molar-refractivity contribution in [2.45, 2.75) is 37.6 Å². The third-order valence-electron chi connectivity index (χ3n) is 6.23. The van der Waals surface area contributed by atoms with Gasteiger partial charge in [0.2, 0.25) is 0 Å². The number of aromatic nitrogens is 3. The Morgan fingerprint density at radius 1 is 1.16 bits per heavy atom. The van der Waals surface area contributed by atoms with E-state index >= 15 is 0 Å². The zero-order valence-electron chi connectivity index (χ0n) is 18.1. The van der Waals surface area contributed by atoms with Crippen molar-refractivity contribution in [2.75, 3.05) is 18.9 Å². The summed E-state index contributed by atoms with van der Waals surface area (Å²) in [4.78, 5) is 32.5. The van der Waals surface area contributed by atoms with E-state index in [1.807, 2.05) is 13.1 Å². The molecule has 5 rings (SSSR count). The first kappa shape index (κ1) is 20.8. The van der Waals surface area contributed by atoms with E-state index in [-0.39, 0.29) is 18.0 Å². The van der Waals surface area contributed by atoms with Gasteiger partial charge in [0, 0.05) is 43.0 Å². The largest absolute Gasteiger partial charge is 0.355 e. The molecule has 1 saturated heterocycles. The molecule has 3 aromatic rings. The monoisotopic (exact) mass is 452 g/mol. The van der Waals surface area contributed by atoms with E-state index in [0.29, 0.717) is 34.4 Å². The Bertz CT molecular complexity index is 1200. The number of carbonyl (C=O) groups is 2. The van der Waals surface area contributed by atoms with Gasteiger partial charge in [-0.1, -0.05) is 11.6 Å². The van der Waals surface area contributed by atoms with Crippen molar-refractivity contribution in [1.82, 2.24) is 25.0 Å². The smallest absolute Gasteiger partial charge is 0.322 e. The molecule has 3 heterocycles. The van der Waals surface area contributed by atoms with Gasteiger partial charge in [-0.25, -0.2) is 9.78 Å². The van der Waals surface area contributed by atoms with Crippen molar-refractivity contribution >= 4 is 40.3 Å². The van der Waals surface area contributed by atoms with Gasteiger partial charge in [0.25, 0.3) is 5.91 Å². The molecule has 2 aliphatic rings. The molecule has 166 valence electrons. The van der Waals surface area contributed by atoms with Crippen LogP contribution in [-0.2, 0) is 7.05 Å². The number of nitrogens with one attached hydrogen (secondary N) is 2. The van der Waals surface area contributed by atoms with E-state index in [0.717, 1.165) is 42.5 Å². The molecule has 1 aliphatic carbocycles. The molecule has 1 saturated carbocycles. The summed E-state index contributed by atoms with van der Waals surface area (Å²) in [5, 5.41) is 11.8. The molecule has 2 fully saturated rings. The topological polar surface area (TPSA) is 92.2 Å². The van der Waals surface area contributed by atoms with Crippen LogP contribution in [0.1, 0.15) is 59.4 Å². The average molecular weight is 453 g/mol. The van der Waals surface area contributed by atoms with Gasteiger partial charge in [0.15, 0.2) is 5.65 Å². The molecular weight excluding hydrogens is 428 g/mol. The zero-order chi connectivity index (χ0) is 22.4. The lowest BCUT2D eigenvalue weighted by atomic mass is 10.0. The Balaban J connectivity index is 1.53. The average Bonchev–Trinajstić information content (AvgIpc) is 3.44. The van der Waals surface area contributed by atoms with Crippen molar-refractivity contribution in [1.29, 1.82) is 0 Å². The lowest BCUT2D eigenvalue weighted by Crippen LogP contribution is -2.34. The Kier molecular flexibility index (Phi) is 5.25. The van der Waals surface area contributed by atoms with Crippen LogP contribution in [0.2, 0.25) is 5.02 Å². The number of anilines is 1. The van der Waals surface area contributed by atoms with Crippen LogP contribution in [0.5, 0.6) is 0 Å². The number of urea groups is 1. The molecule has 0 bridgehead atoms. The number of aryl methyl sites for hydroxylation is 1. The number of halogens is 1. The summed E-state index contributed by atoms with van der Waals surface area (Å²) in [6, 6.07) is 8.49. The van der Waals surface area contributed by atoms with Crippen LogP contribution in [0, 0.1) is 0 Å². The standard InChI is InChI=1S/C23H25ClN6O2/c1-25-22(31)16-12-17(13-5-6-13)27-21-19(16)20(28-29(21)2)18-4-3-11-30(18)23(32)26-15-9-7-14(24)8-10-15/h7-10,12-13,18H,3-6,11H2,1-2H3,(H,25,31)(H,26,32). The van der Waals surface area contributed by atoms with Gasteiger partial charge < -0.3 is 15.5 Å². The van der Waals surface area contributed by atoms with Crippen LogP contribution >= 0.6 is 11.6 Å². The number of amides is 3.